The van der Waals surface area contributed by atoms with E-state index >= 15 is 0 Å². The topological polar surface area (TPSA) is 111 Å². The number of carbonyl (C=O) groups is 1. The molecule has 2 aromatic heterocycles. The third-order valence-electron chi connectivity index (χ3n) is 2.53. The highest BCUT2D eigenvalue weighted by Gasteiger charge is 2.08. The number of aromatic amines is 1. The minimum Gasteiger partial charge on any atom is -0.443 e. The largest absolute Gasteiger partial charge is 0.443 e. The molecule has 1 aromatic carbocycles. The summed E-state index contributed by atoms with van der Waals surface area (Å²) in [5, 5.41) is 16.7. The van der Waals surface area contributed by atoms with Crippen LogP contribution < -0.4 is 5.32 Å². The number of benzene rings is 1. The Morgan fingerprint density at radius 3 is 2.95 bits per heavy atom. The molecule has 0 fully saturated rings. The number of para-hydroxylation sites is 1. The van der Waals surface area contributed by atoms with E-state index in [4.69, 9.17) is 4.74 Å². The summed E-state index contributed by atoms with van der Waals surface area (Å²) in [4.78, 5) is 15.5. The van der Waals surface area contributed by atoms with Crippen LogP contribution in [0, 0.1) is 0 Å². The summed E-state index contributed by atoms with van der Waals surface area (Å²) in [5.74, 6) is 0.433. The summed E-state index contributed by atoms with van der Waals surface area (Å²) in [7, 11) is 0. The Morgan fingerprint density at radius 1 is 1.33 bits per heavy atom. The standard InChI is InChI=1S/C12H11N7O2/c20-12(15-9-4-2-1-3-5-9)21-7-10-6-19(18-16-10)11-13-8-14-17-11/h1-6,8H,7H2,(H,15,20)(H,13,14,17). The number of ether oxygens (including phenoxy) is 1. The molecule has 2 N–H and O–H groups in total. The smallest absolute Gasteiger partial charge is 0.412 e. The zero-order valence-electron chi connectivity index (χ0n) is 10.8. The van der Waals surface area contributed by atoms with E-state index in [9.17, 15) is 4.79 Å². The van der Waals surface area contributed by atoms with E-state index in [-0.39, 0.29) is 6.61 Å². The molecule has 0 saturated heterocycles. The fourth-order valence-electron chi connectivity index (χ4n) is 1.59. The molecule has 0 spiro atoms. The summed E-state index contributed by atoms with van der Waals surface area (Å²) in [6, 6.07) is 9.03. The number of rotatable bonds is 4. The zero-order valence-corrected chi connectivity index (χ0v) is 10.8. The Hall–Kier alpha value is -3.23. The van der Waals surface area contributed by atoms with Crippen LogP contribution in [0.4, 0.5) is 10.5 Å². The van der Waals surface area contributed by atoms with Gasteiger partial charge < -0.3 is 4.74 Å². The van der Waals surface area contributed by atoms with Gasteiger partial charge in [-0.15, -0.1) is 5.10 Å². The molecule has 106 valence electrons. The third-order valence-corrected chi connectivity index (χ3v) is 2.53. The Balaban J connectivity index is 1.54. The first-order valence-corrected chi connectivity index (χ1v) is 6.07. The fourth-order valence-corrected chi connectivity index (χ4v) is 1.59. The molecule has 0 aliphatic heterocycles. The average molecular weight is 285 g/mol. The van der Waals surface area contributed by atoms with Crippen molar-refractivity contribution in [2.24, 2.45) is 0 Å². The number of hydrogen-bond donors (Lipinski definition) is 2. The van der Waals surface area contributed by atoms with Crippen molar-refractivity contribution in [3.8, 4) is 5.95 Å². The van der Waals surface area contributed by atoms with Gasteiger partial charge in [0.2, 0.25) is 5.95 Å². The van der Waals surface area contributed by atoms with Crippen molar-refractivity contribution in [3.63, 3.8) is 0 Å². The molecule has 3 aromatic rings. The number of anilines is 1. The summed E-state index contributed by atoms with van der Waals surface area (Å²) < 4.78 is 6.45. The van der Waals surface area contributed by atoms with Crippen LogP contribution in [0.5, 0.6) is 0 Å². The maximum absolute atomic E-state index is 11.6. The Bertz CT molecular complexity index is 708. The maximum Gasteiger partial charge on any atom is 0.412 e. The molecule has 1 amide bonds. The first-order chi connectivity index (χ1) is 10.3. The van der Waals surface area contributed by atoms with Crippen molar-refractivity contribution in [2.75, 3.05) is 5.32 Å². The molecule has 0 atom stereocenters. The normalized spacial score (nSPS) is 10.3. The van der Waals surface area contributed by atoms with Gasteiger partial charge in [0.1, 0.15) is 18.6 Å². The average Bonchev–Trinajstić information content (AvgIpc) is 3.17. The van der Waals surface area contributed by atoms with E-state index < -0.39 is 6.09 Å². The highest BCUT2D eigenvalue weighted by Crippen LogP contribution is 2.06. The lowest BCUT2D eigenvalue weighted by Crippen LogP contribution is -2.13. The minimum atomic E-state index is -0.560. The van der Waals surface area contributed by atoms with Crippen molar-refractivity contribution in [1.82, 2.24) is 30.2 Å². The second kappa shape index (κ2) is 5.82. The van der Waals surface area contributed by atoms with Crippen LogP contribution in [0.3, 0.4) is 0 Å². The number of nitrogens with zero attached hydrogens (tertiary/aromatic N) is 5. The Labute approximate surface area is 119 Å². The lowest BCUT2D eigenvalue weighted by atomic mass is 10.3. The van der Waals surface area contributed by atoms with Gasteiger partial charge in [-0.2, -0.15) is 14.8 Å². The van der Waals surface area contributed by atoms with Crippen LogP contribution >= 0.6 is 0 Å². The van der Waals surface area contributed by atoms with Gasteiger partial charge in [0.15, 0.2) is 0 Å². The fraction of sp³-hybridized carbons (Fsp3) is 0.0833. The monoisotopic (exact) mass is 285 g/mol. The van der Waals surface area contributed by atoms with Crippen LogP contribution in [-0.4, -0.2) is 36.3 Å². The van der Waals surface area contributed by atoms with Gasteiger partial charge in [0.05, 0.1) is 6.20 Å². The molecule has 9 heteroatoms. The Morgan fingerprint density at radius 2 is 2.19 bits per heavy atom. The number of amides is 1. The van der Waals surface area contributed by atoms with E-state index in [0.717, 1.165) is 0 Å². The van der Waals surface area contributed by atoms with Crippen molar-refractivity contribution in [3.05, 3.63) is 48.5 Å². The number of carbonyl (C=O) groups excluding carboxylic acids is 1. The maximum atomic E-state index is 11.6. The van der Waals surface area contributed by atoms with Gasteiger partial charge in [-0.05, 0) is 12.1 Å². The Kier molecular flexibility index (Phi) is 3.54. The van der Waals surface area contributed by atoms with Crippen molar-refractivity contribution in [2.45, 2.75) is 6.61 Å². The summed E-state index contributed by atoms with van der Waals surface area (Å²) in [5.41, 5.74) is 1.16. The van der Waals surface area contributed by atoms with Crippen LogP contribution in [-0.2, 0) is 11.3 Å². The van der Waals surface area contributed by atoms with Gasteiger partial charge in [0, 0.05) is 5.69 Å². The third kappa shape index (κ3) is 3.21. The molecule has 21 heavy (non-hydrogen) atoms. The molecule has 2 heterocycles. The first kappa shape index (κ1) is 12.8. The SMILES string of the molecule is O=C(Nc1ccccc1)OCc1cn(-c2ncn[nH]2)nn1. The van der Waals surface area contributed by atoms with Crippen LogP contribution in [0.25, 0.3) is 5.95 Å². The predicted molar refractivity (Wildman–Crippen MR) is 71.5 cm³/mol. The van der Waals surface area contributed by atoms with Crippen molar-refractivity contribution >= 4 is 11.8 Å². The number of hydrogen-bond acceptors (Lipinski definition) is 6. The lowest BCUT2D eigenvalue weighted by molar-refractivity contribution is 0.153. The second-order valence-corrected chi connectivity index (χ2v) is 4.03. The highest BCUT2D eigenvalue weighted by atomic mass is 16.5. The minimum absolute atomic E-state index is 0.00675. The highest BCUT2D eigenvalue weighted by molar-refractivity contribution is 5.84. The van der Waals surface area contributed by atoms with Gasteiger partial charge in [-0.25, -0.2) is 9.89 Å². The van der Waals surface area contributed by atoms with E-state index in [1.54, 1.807) is 18.3 Å². The van der Waals surface area contributed by atoms with Crippen molar-refractivity contribution < 1.29 is 9.53 Å². The van der Waals surface area contributed by atoms with Crippen LogP contribution in [0.15, 0.2) is 42.9 Å². The summed E-state index contributed by atoms with van der Waals surface area (Å²) in [6.07, 6.45) is 2.40. The molecule has 0 unspecified atom stereocenters. The van der Waals surface area contributed by atoms with E-state index in [1.807, 2.05) is 18.2 Å². The predicted octanol–water partition coefficient (Wildman–Crippen LogP) is 1.13. The second-order valence-electron chi connectivity index (χ2n) is 4.03. The quantitative estimate of drug-likeness (QED) is 0.743. The van der Waals surface area contributed by atoms with Gasteiger partial charge >= 0.3 is 6.09 Å². The summed E-state index contributed by atoms with van der Waals surface area (Å²) in [6.45, 7) is 0.00675. The van der Waals surface area contributed by atoms with Crippen molar-refractivity contribution in [1.29, 1.82) is 0 Å². The van der Waals surface area contributed by atoms with Gasteiger partial charge in [-0.3, -0.25) is 5.32 Å². The van der Waals surface area contributed by atoms with Crippen LogP contribution in [0.2, 0.25) is 0 Å². The number of H-pyrrole nitrogens is 1. The molecular weight excluding hydrogens is 274 g/mol. The molecule has 3 rings (SSSR count). The molecule has 0 saturated carbocycles. The summed E-state index contributed by atoms with van der Waals surface area (Å²) >= 11 is 0. The molecule has 0 aliphatic carbocycles. The van der Waals surface area contributed by atoms with E-state index in [1.165, 1.54) is 11.0 Å². The first-order valence-electron chi connectivity index (χ1n) is 6.07. The molecular formula is C12H11N7O2. The van der Waals surface area contributed by atoms with E-state index in [2.05, 4.69) is 30.8 Å². The molecule has 9 nitrogen and oxygen atoms in total. The van der Waals surface area contributed by atoms with Gasteiger partial charge in [0.25, 0.3) is 0 Å². The molecule has 0 radical (unpaired) electrons. The zero-order chi connectivity index (χ0) is 14.5. The molecule has 0 aliphatic rings. The lowest BCUT2D eigenvalue weighted by Gasteiger charge is -2.04. The van der Waals surface area contributed by atoms with Crippen LogP contribution in [0.1, 0.15) is 5.69 Å². The number of aromatic nitrogens is 6. The van der Waals surface area contributed by atoms with E-state index in [0.29, 0.717) is 17.3 Å². The van der Waals surface area contributed by atoms with Gasteiger partial charge in [-0.1, -0.05) is 23.4 Å². The molecule has 0 bridgehead atoms. The number of nitrogens with one attached hydrogen (secondary N) is 2.